The third kappa shape index (κ3) is 4.85. The van der Waals surface area contributed by atoms with Gasteiger partial charge >= 0.3 is 0 Å². The molecule has 33 heavy (non-hydrogen) atoms. The van der Waals surface area contributed by atoms with Crippen molar-refractivity contribution in [3.8, 4) is 5.75 Å². The molecule has 0 radical (unpaired) electrons. The molecular weight excluding hydrogens is 416 g/mol. The van der Waals surface area contributed by atoms with Crippen LogP contribution in [0.25, 0.3) is 5.57 Å². The number of anilines is 1. The van der Waals surface area contributed by atoms with Gasteiger partial charge in [0.2, 0.25) is 0 Å². The minimum Gasteiger partial charge on any atom is -0.493 e. The van der Waals surface area contributed by atoms with Crippen LogP contribution in [0.15, 0.2) is 71.0 Å². The Kier molecular flexibility index (Phi) is 6.36. The van der Waals surface area contributed by atoms with Crippen LogP contribution in [0.1, 0.15) is 36.3 Å². The molecule has 1 aliphatic rings. The molecule has 6 heteroatoms. The van der Waals surface area contributed by atoms with Crippen molar-refractivity contribution < 1.29 is 18.7 Å². The highest BCUT2D eigenvalue weighted by molar-refractivity contribution is 6.36. The van der Waals surface area contributed by atoms with Crippen LogP contribution in [-0.2, 0) is 16.1 Å². The molecule has 0 fully saturated rings. The highest BCUT2D eigenvalue weighted by atomic mass is 16.5. The first kappa shape index (κ1) is 22.4. The molecule has 2 aromatic carbocycles. The van der Waals surface area contributed by atoms with E-state index in [-0.39, 0.29) is 24.1 Å². The van der Waals surface area contributed by atoms with E-state index >= 15 is 0 Å². The van der Waals surface area contributed by atoms with Crippen molar-refractivity contribution in [2.75, 3.05) is 11.9 Å². The van der Waals surface area contributed by atoms with Gasteiger partial charge in [0, 0.05) is 5.69 Å². The summed E-state index contributed by atoms with van der Waals surface area (Å²) in [6, 6.07) is 16.6. The Morgan fingerprint density at radius 3 is 2.36 bits per heavy atom. The lowest BCUT2D eigenvalue weighted by molar-refractivity contribution is -0.137. The zero-order valence-electron chi connectivity index (χ0n) is 19.3. The lowest BCUT2D eigenvalue weighted by Crippen LogP contribution is -2.31. The van der Waals surface area contributed by atoms with E-state index in [0.717, 1.165) is 22.6 Å². The SMILES string of the molecule is Cc1ccc(NC2=C(c3ccc(OCC(C)C)cc3)C(=O)N(Cc3ccco3)C2=O)cc1C. The normalized spacial score (nSPS) is 13.9. The van der Waals surface area contributed by atoms with E-state index in [2.05, 4.69) is 19.2 Å². The molecule has 0 bridgehead atoms. The number of hydrogen-bond acceptors (Lipinski definition) is 5. The number of rotatable bonds is 8. The van der Waals surface area contributed by atoms with Crippen molar-refractivity contribution in [2.45, 2.75) is 34.2 Å². The van der Waals surface area contributed by atoms with E-state index in [0.29, 0.717) is 29.4 Å². The lowest BCUT2D eigenvalue weighted by Gasteiger charge is -2.14. The number of ether oxygens (including phenoxy) is 1. The number of benzene rings is 2. The molecule has 0 aliphatic carbocycles. The van der Waals surface area contributed by atoms with Gasteiger partial charge in [-0.25, -0.2) is 0 Å². The van der Waals surface area contributed by atoms with Gasteiger partial charge in [0.15, 0.2) is 0 Å². The number of carbonyl (C=O) groups excluding carboxylic acids is 2. The maximum absolute atomic E-state index is 13.4. The second-order valence-corrected chi connectivity index (χ2v) is 8.68. The minimum absolute atomic E-state index is 0.0713. The standard InChI is InChI=1S/C27H28N2O4/c1-17(2)16-33-22-11-8-20(9-12-22)24-25(28-21-10-7-18(3)19(4)14-21)27(31)29(26(24)30)15-23-6-5-13-32-23/h5-14,17,28H,15-16H2,1-4H3. The third-order valence-corrected chi connectivity index (χ3v) is 5.56. The summed E-state index contributed by atoms with van der Waals surface area (Å²) >= 11 is 0. The van der Waals surface area contributed by atoms with Crippen LogP contribution < -0.4 is 10.1 Å². The molecule has 0 spiro atoms. The zero-order valence-corrected chi connectivity index (χ0v) is 19.3. The molecule has 0 saturated carbocycles. The van der Waals surface area contributed by atoms with Crippen molar-refractivity contribution in [1.82, 2.24) is 4.90 Å². The molecule has 0 saturated heterocycles. The van der Waals surface area contributed by atoms with Crippen LogP contribution in [0, 0.1) is 19.8 Å². The lowest BCUT2D eigenvalue weighted by atomic mass is 10.0. The first-order chi connectivity index (χ1) is 15.8. The third-order valence-electron chi connectivity index (χ3n) is 5.56. The first-order valence-corrected chi connectivity index (χ1v) is 11.0. The molecule has 1 aliphatic heterocycles. The van der Waals surface area contributed by atoms with Gasteiger partial charge in [-0.2, -0.15) is 0 Å². The fraction of sp³-hybridized carbons (Fsp3) is 0.259. The average Bonchev–Trinajstić information content (AvgIpc) is 3.38. The molecular formula is C27H28N2O4. The average molecular weight is 445 g/mol. The van der Waals surface area contributed by atoms with Crippen molar-refractivity contribution in [3.63, 3.8) is 0 Å². The Bertz CT molecular complexity index is 1190. The number of amides is 2. The van der Waals surface area contributed by atoms with Crippen LogP contribution in [-0.4, -0.2) is 23.3 Å². The topological polar surface area (TPSA) is 71.8 Å². The molecule has 4 rings (SSSR count). The van der Waals surface area contributed by atoms with Crippen molar-refractivity contribution in [1.29, 1.82) is 0 Å². The van der Waals surface area contributed by atoms with Crippen LogP contribution in [0.4, 0.5) is 5.69 Å². The van der Waals surface area contributed by atoms with Gasteiger partial charge in [0.05, 0.1) is 25.0 Å². The summed E-state index contributed by atoms with van der Waals surface area (Å²) in [5.74, 6) is 0.926. The number of nitrogens with one attached hydrogen (secondary N) is 1. The van der Waals surface area contributed by atoms with Gasteiger partial charge in [0.25, 0.3) is 11.8 Å². The van der Waals surface area contributed by atoms with E-state index < -0.39 is 0 Å². The summed E-state index contributed by atoms with van der Waals surface area (Å²) in [5.41, 5.74) is 4.24. The smallest absolute Gasteiger partial charge is 0.278 e. The fourth-order valence-corrected chi connectivity index (χ4v) is 3.61. The maximum Gasteiger partial charge on any atom is 0.278 e. The predicted octanol–water partition coefficient (Wildman–Crippen LogP) is 5.32. The number of furan rings is 1. The number of carbonyl (C=O) groups is 2. The second kappa shape index (κ2) is 9.36. The quantitative estimate of drug-likeness (QED) is 0.476. The van der Waals surface area contributed by atoms with E-state index in [1.54, 1.807) is 12.1 Å². The number of aryl methyl sites for hydroxylation is 2. The number of nitrogens with zero attached hydrogens (tertiary/aromatic N) is 1. The Morgan fingerprint density at radius 1 is 0.970 bits per heavy atom. The van der Waals surface area contributed by atoms with Gasteiger partial charge in [-0.1, -0.05) is 32.0 Å². The Labute approximate surface area is 193 Å². The van der Waals surface area contributed by atoms with E-state index in [9.17, 15) is 9.59 Å². The van der Waals surface area contributed by atoms with E-state index in [1.807, 2.05) is 56.3 Å². The molecule has 6 nitrogen and oxygen atoms in total. The summed E-state index contributed by atoms with van der Waals surface area (Å²) in [5, 5.41) is 3.21. The summed E-state index contributed by atoms with van der Waals surface area (Å²) in [4.78, 5) is 28.0. The van der Waals surface area contributed by atoms with Gasteiger partial charge in [-0.15, -0.1) is 0 Å². The van der Waals surface area contributed by atoms with Crippen molar-refractivity contribution in [3.05, 3.63) is 89.0 Å². The summed E-state index contributed by atoms with van der Waals surface area (Å²) < 4.78 is 11.1. The number of hydrogen-bond donors (Lipinski definition) is 1. The van der Waals surface area contributed by atoms with Crippen LogP contribution in [0.5, 0.6) is 5.75 Å². The largest absolute Gasteiger partial charge is 0.493 e. The van der Waals surface area contributed by atoms with Crippen molar-refractivity contribution in [2.24, 2.45) is 5.92 Å². The molecule has 2 amide bonds. The molecule has 3 aromatic rings. The molecule has 1 aromatic heterocycles. The van der Waals surface area contributed by atoms with Gasteiger partial charge < -0.3 is 14.5 Å². The van der Waals surface area contributed by atoms with Crippen LogP contribution in [0.3, 0.4) is 0 Å². The Hall–Kier alpha value is -3.80. The number of imide groups is 1. The predicted molar refractivity (Wildman–Crippen MR) is 127 cm³/mol. The van der Waals surface area contributed by atoms with E-state index in [1.165, 1.54) is 11.2 Å². The maximum atomic E-state index is 13.4. The molecule has 0 unspecified atom stereocenters. The molecule has 170 valence electrons. The second-order valence-electron chi connectivity index (χ2n) is 8.68. The fourth-order valence-electron chi connectivity index (χ4n) is 3.61. The van der Waals surface area contributed by atoms with Gasteiger partial charge in [-0.3, -0.25) is 14.5 Å². The van der Waals surface area contributed by atoms with Gasteiger partial charge in [-0.05, 0) is 72.9 Å². The Morgan fingerprint density at radius 2 is 1.73 bits per heavy atom. The highest BCUT2D eigenvalue weighted by Crippen LogP contribution is 2.32. The van der Waals surface area contributed by atoms with E-state index in [4.69, 9.17) is 9.15 Å². The molecule has 1 N–H and O–H groups in total. The molecule has 0 atom stereocenters. The minimum atomic E-state index is -0.384. The zero-order chi connectivity index (χ0) is 23.5. The van der Waals surface area contributed by atoms with Crippen LogP contribution >= 0.6 is 0 Å². The van der Waals surface area contributed by atoms with Crippen molar-refractivity contribution >= 4 is 23.1 Å². The monoisotopic (exact) mass is 444 g/mol. The highest BCUT2D eigenvalue weighted by Gasteiger charge is 2.39. The molecule has 2 heterocycles. The summed E-state index contributed by atoms with van der Waals surface area (Å²) in [6.07, 6.45) is 1.53. The Balaban J connectivity index is 1.69. The van der Waals surface area contributed by atoms with Gasteiger partial charge in [0.1, 0.15) is 17.2 Å². The summed E-state index contributed by atoms with van der Waals surface area (Å²) in [7, 11) is 0. The summed E-state index contributed by atoms with van der Waals surface area (Å²) in [6.45, 7) is 8.89. The first-order valence-electron chi connectivity index (χ1n) is 11.0. The van der Waals surface area contributed by atoms with Crippen LogP contribution in [0.2, 0.25) is 0 Å².